The topological polar surface area (TPSA) is 91.8 Å². The van der Waals surface area contributed by atoms with Crippen molar-refractivity contribution in [2.45, 2.75) is 63.6 Å². The Bertz CT molecular complexity index is 738. The lowest BCUT2D eigenvalue weighted by Gasteiger charge is -2.33. The van der Waals surface area contributed by atoms with E-state index in [-0.39, 0.29) is 18.1 Å². The number of amides is 1. The van der Waals surface area contributed by atoms with Crippen molar-refractivity contribution in [2.24, 2.45) is 5.92 Å². The maximum absolute atomic E-state index is 12.2. The number of piperidine rings is 1. The molecule has 1 amide bonds. The third-order valence-electron chi connectivity index (χ3n) is 5.15. The van der Waals surface area contributed by atoms with Crippen LogP contribution in [-0.4, -0.2) is 64.4 Å². The summed E-state index contributed by atoms with van der Waals surface area (Å²) < 4.78 is 37.8. The molecule has 1 aromatic rings. The summed E-state index contributed by atoms with van der Waals surface area (Å²) in [6, 6.07) is 0.420. The van der Waals surface area contributed by atoms with Gasteiger partial charge in [0.1, 0.15) is 6.10 Å². The number of carboxylic acid groups (broad SMARTS) is 1. The van der Waals surface area contributed by atoms with Crippen LogP contribution in [0.5, 0.6) is 0 Å². The molecule has 0 spiro atoms. The summed E-state index contributed by atoms with van der Waals surface area (Å²) in [7, 11) is 0. The fourth-order valence-corrected chi connectivity index (χ4v) is 4.14. The first-order valence-electron chi connectivity index (χ1n) is 9.51. The summed E-state index contributed by atoms with van der Waals surface area (Å²) >= 11 is 1.71. The molecule has 3 fully saturated rings. The molecule has 11 heteroatoms. The van der Waals surface area contributed by atoms with Crippen molar-refractivity contribution >= 4 is 23.2 Å². The molecular formula is C18H24F3N3O4S. The van der Waals surface area contributed by atoms with Crippen molar-refractivity contribution in [1.82, 2.24) is 15.2 Å². The third-order valence-corrected chi connectivity index (χ3v) is 5.97. The van der Waals surface area contributed by atoms with Crippen LogP contribution in [-0.2, 0) is 20.9 Å². The molecule has 4 rings (SSSR count). The Morgan fingerprint density at radius 1 is 1.38 bits per heavy atom. The van der Waals surface area contributed by atoms with Gasteiger partial charge in [0, 0.05) is 24.5 Å². The van der Waals surface area contributed by atoms with Gasteiger partial charge in [-0.15, -0.1) is 11.3 Å². The fraction of sp³-hybridized carbons (Fsp3) is 0.722. The van der Waals surface area contributed by atoms with E-state index in [9.17, 15) is 18.0 Å². The molecule has 3 heterocycles. The summed E-state index contributed by atoms with van der Waals surface area (Å²) in [6.07, 6.45) is -0.813. The Labute approximate surface area is 170 Å². The lowest BCUT2D eigenvalue weighted by Crippen LogP contribution is -2.42. The van der Waals surface area contributed by atoms with Crippen LogP contribution >= 0.6 is 11.3 Å². The Kier molecular flexibility index (Phi) is 6.79. The van der Waals surface area contributed by atoms with E-state index in [0.717, 1.165) is 56.0 Å². The summed E-state index contributed by atoms with van der Waals surface area (Å²) in [6.45, 7) is 4.95. The molecule has 7 nitrogen and oxygen atoms in total. The monoisotopic (exact) mass is 435 g/mol. The van der Waals surface area contributed by atoms with Crippen LogP contribution < -0.4 is 5.32 Å². The van der Waals surface area contributed by atoms with Crippen molar-refractivity contribution in [2.75, 3.05) is 13.1 Å². The molecule has 0 aromatic carbocycles. The molecule has 162 valence electrons. The normalized spacial score (nSPS) is 27.0. The van der Waals surface area contributed by atoms with E-state index in [2.05, 4.69) is 20.6 Å². The van der Waals surface area contributed by atoms with Gasteiger partial charge in [-0.1, -0.05) is 0 Å². The van der Waals surface area contributed by atoms with Gasteiger partial charge in [0.05, 0.1) is 16.8 Å². The van der Waals surface area contributed by atoms with Gasteiger partial charge in [-0.25, -0.2) is 9.78 Å². The number of nitrogens with one attached hydrogen (secondary N) is 1. The summed E-state index contributed by atoms with van der Waals surface area (Å²) in [5.74, 6) is -2.10. The largest absolute Gasteiger partial charge is 0.490 e. The van der Waals surface area contributed by atoms with Gasteiger partial charge in [-0.3, -0.25) is 9.69 Å². The Morgan fingerprint density at radius 3 is 2.62 bits per heavy atom. The van der Waals surface area contributed by atoms with Gasteiger partial charge < -0.3 is 15.2 Å². The van der Waals surface area contributed by atoms with Crippen LogP contribution in [0.15, 0.2) is 5.38 Å². The second-order valence-electron chi connectivity index (χ2n) is 7.63. The number of aliphatic carboxylic acids is 1. The average molecular weight is 435 g/mol. The number of fused-ring (bicyclic) bond motifs is 1. The number of halogens is 3. The Balaban J connectivity index is 0.000000298. The number of carbonyl (C=O) groups is 2. The predicted molar refractivity (Wildman–Crippen MR) is 98.4 cm³/mol. The van der Waals surface area contributed by atoms with Crippen LogP contribution in [0.4, 0.5) is 13.2 Å². The Morgan fingerprint density at radius 2 is 2.07 bits per heavy atom. The molecule has 3 atom stereocenters. The highest BCUT2D eigenvalue weighted by molar-refractivity contribution is 7.09. The number of thiazole rings is 1. The van der Waals surface area contributed by atoms with E-state index in [1.165, 1.54) is 0 Å². The number of carboxylic acids is 1. The minimum Gasteiger partial charge on any atom is -0.475 e. The van der Waals surface area contributed by atoms with E-state index >= 15 is 0 Å². The standard InChI is InChI=1S/C16H23N3O2S.C2HF3O2/c1-10-17-13(9-22-10)7-19-5-4-11-6-14(21-15(11)8-19)16(20)18-12-2-3-12;3-2(4,5)1(6)7/h9,11-12,14-15H,2-8H2,1H3,(H,18,20);(H,6,7)/t11-,14-,15-;/m0./s1. The number of ether oxygens (including phenoxy) is 1. The first kappa shape index (κ1) is 22.0. The molecule has 0 bridgehead atoms. The maximum atomic E-state index is 12.2. The molecule has 1 aromatic heterocycles. The molecule has 1 saturated carbocycles. The zero-order valence-electron chi connectivity index (χ0n) is 15.9. The minimum atomic E-state index is -5.08. The fourth-order valence-electron chi connectivity index (χ4n) is 3.54. The first-order valence-corrected chi connectivity index (χ1v) is 10.4. The minimum absolute atomic E-state index is 0.110. The van der Waals surface area contributed by atoms with E-state index < -0.39 is 12.1 Å². The number of carbonyl (C=O) groups excluding carboxylic acids is 1. The number of alkyl halides is 3. The molecule has 2 aliphatic heterocycles. The second kappa shape index (κ2) is 8.97. The van der Waals surface area contributed by atoms with Crippen molar-refractivity contribution in [3.05, 3.63) is 16.1 Å². The SMILES string of the molecule is Cc1nc(CN2CC[C@H]3C[C@@H](C(=O)NC4CC4)O[C@H]3C2)cs1.O=C(O)C(F)(F)F. The van der Waals surface area contributed by atoms with Crippen LogP contribution in [0.25, 0.3) is 0 Å². The van der Waals surface area contributed by atoms with Crippen molar-refractivity contribution in [1.29, 1.82) is 0 Å². The lowest BCUT2D eigenvalue weighted by molar-refractivity contribution is -0.192. The van der Waals surface area contributed by atoms with Gasteiger partial charge in [0.25, 0.3) is 0 Å². The van der Waals surface area contributed by atoms with E-state index in [4.69, 9.17) is 14.6 Å². The molecule has 2 saturated heterocycles. The molecule has 0 radical (unpaired) electrons. The zero-order chi connectivity index (χ0) is 21.2. The summed E-state index contributed by atoms with van der Waals surface area (Å²) in [4.78, 5) is 28.0. The Hall–Kier alpha value is -1.72. The molecular weight excluding hydrogens is 411 g/mol. The van der Waals surface area contributed by atoms with Crippen molar-refractivity contribution in [3.63, 3.8) is 0 Å². The van der Waals surface area contributed by atoms with Crippen LogP contribution in [0.2, 0.25) is 0 Å². The average Bonchev–Trinajstić information content (AvgIpc) is 3.19. The molecule has 3 aliphatic rings. The smallest absolute Gasteiger partial charge is 0.475 e. The van der Waals surface area contributed by atoms with Crippen molar-refractivity contribution in [3.8, 4) is 0 Å². The molecule has 0 unspecified atom stereocenters. The predicted octanol–water partition coefficient (Wildman–Crippen LogP) is 2.34. The molecule has 29 heavy (non-hydrogen) atoms. The highest BCUT2D eigenvalue weighted by Crippen LogP contribution is 2.34. The number of hydrogen-bond acceptors (Lipinski definition) is 6. The number of nitrogens with zero attached hydrogens (tertiary/aromatic N) is 2. The van der Waals surface area contributed by atoms with Crippen LogP contribution in [0.1, 0.15) is 36.4 Å². The summed E-state index contributed by atoms with van der Waals surface area (Å²) in [5, 5.41) is 13.5. The second-order valence-corrected chi connectivity index (χ2v) is 8.69. The number of likely N-dealkylation sites (tertiary alicyclic amines) is 1. The lowest BCUT2D eigenvalue weighted by atomic mass is 9.91. The quantitative estimate of drug-likeness (QED) is 0.755. The maximum Gasteiger partial charge on any atom is 0.490 e. The van der Waals surface area contributed by atoms with E-state index in [1.807, 2.05) is 6.92 Å². The molecule has 1 aliphatic carbocycles. The van der Waals surface area contributed by atoms with Gasteiger partial charge >= 0.3 is 12.1 Å². The first-order chi connectivity index (χ1) is 13.6. The van der Waals surface area contributed by atoms with Gasteiger partial charge in [-0.2, -0.15) is 13.2 Å². The van der Waals surface area contributed by atoms with Crippen LogP contribution in [0, 0.1) is 12.8 Å². The van der Waals surface area contributed by atoms with Crippen molar-refractivity contribution < 1.29 is 32.6 Å². The van der Waals surface area contributed by atoms with Gasteiger partial charge in [0.2, 0.25) is 5.91 Å². The van der Waals surface area contributed by atoms with E-state index in [0.29, 0.717) is 12.0 Å². The van der Waals surface area contributed by atoms with Gasteiger partial charge in [0.15, 0.2) is 0 Å². The molecule has 2 N–H and O–H groups in total. The number of aromatic nitrogens is 1. The van der Waals surface area contributed by atoms with Crippen LogP contribution in [0.3, 0.4) is 0 Å². The van der Waals surface area contributed by atoms with E-state index in [1.54, 1.807) is 11.3 Å². The number of hydrogen-bond donors (Lipinski definition) is 2. The third kappa shape index (κ3) is 6.38. The zero-order valence-corrected chi connectivity index (χ0v) is 16.8. The van der Waals surface area contributed by atoms with Gasteiger partial charge in [-0.05, 0) is 45.1 Å². The number of rotatable bonds is 4. The highest BCUT2D eigenvalue weighted by atomic mass is 32.1. The number of aryl methyl sites for hydroxylation is 1. The summed E-state index contributed by atoms with van der Waals surface area (Å²) in [5.41, 5.74) is 1.15. The highest BCUT2D eigenvalue weighted by Gasteiger charge is 2.42.